The van der Waals surface area contributed by atoms with E-state index >= 15 is 0 Å². The third-order valence-corrected chi connectivity index (χ3v) is 5.58. The Bertz CT molecular complexity index is 705. The topological polar surface area (TPSA) is 51.0 Å². The Morgan fingerprint density at radius 1 is 1.16 bits per heavy atom. The molecule has 2 aromatic rings. The van der Waals surface area contributed by atoms with Gasteiger partial charge >= 0.3 is 0 Å². The van der Waals surface area contributed by atoms with Crippen molar-refractivity contribution in [1.82, 2.24) is 19.7 Å². The SMILES string of the molecule is Cc1nnc(SCC(=O)N2CC(C)CC(C)C2)n1Cc1ccccc1. The van der Waals surface area contributed by atoms with E-state index in [0.29, 0.717) is 17.6 Å². The van der Waals surface area contributed by atoms with Gasteiger partial charge in [-0.2, -0.15) is 0 Å². The molecule has 1 amide bonds. The number of nitrogens with zero attached hydrogens (tertiary/aromatic N) is 4. The van der Waals surface area contributed by atoms with Crippen LogP contribution in [0.1, 0.15) is 31.7 Å². The highest BCUT2D eigenvalue weighted by Gasteiger charge is 2.25. The van der Waals surface area contributed by atoms with Crippen molar-refractivity contribution in [2.24, 2.45) is 11.8 Å². The van der Waals surface area contributed by atoms with Crippen LogP contribution in [0.5, 0.6) is 0 Å². The number of carbonyl (C=O) groups is 1. The Kier molecular flexibility index (Phi) is 5.78. The van der Waals surface area contributed by atoms with Crippen LogP contribution >= 0.6 is 11.8 Å². The van der Waals surface area contributed by atoms with Gasteiger partial charge in [0, 0.05) is 13.1 Å². The zero-order valence-corrected chi connectivity index (χ0v) is 16.0. The number of thioether (sulfide) groups is 1. The highest BCUT2D eigenvalue weighted by atomic mass is 32.2. The molecule has 2 heterocycles. The van der Waals surface area contributed by atoms with Gasteiger partial charge in [0.2, 0.25) is 5.91 Å². The second kappa shape index (κ2) is 8.04. The number of hydrogen-bond acceptors (Lipinski definition) is 4. The van der Waals surface area contributed by atoms with Crippen LogP contribution in [-0.2, 0) is 11.3 Å². The number of rotatable bonds is 5. The number of piperidine rings is 1. The second-order valence-corrected chi connectivity index (χ2v) is 8.08. The van der Waals surface area contributed by atoms with Crippen molar-refractivity contribution < 1.29 is 4.79 Å². The van der Waals surface area contributed by atoms with Gasteiger partial charge in [0.25, 0.3) is 0 Å². The van der Waals surface area contributed by atoms with Crippen molar-refractivity contribution in [3.05, 3.63) is 41.7 Å². The summed E-state index contributed by atoms with van der Waals surface area (Å²) in [6, 6.07) is 10.3. The van der Waals surface area contributed by atoms with Crippen LogP contribution < -0.4 is 0 Å². The summed E-state index contributed by atoms with van der Waals surface area (Å²) in [5, 5.41) is 9.27. The minimum absolute atomic E-state index is 0.204. The van der Waals surface area contributed by atoms with Gasteiger partial charge in [-0.05, 0) is 30.7 Å². The number of amides is 1. The first-order valence-electron chi connectivity index (χ1n) is 8.87. The molecule has 6 heteroatoms. The van der Waals surface area contributed by atoms with Crippen LogP contribution in [0.25, 0.3) is 0 Å². The van der Waals surface area contributed by atoms with Crippen LogP contribution in [0.4, 0.5) is 0 Å². The Balaban J connectivity index is 1.63. The molecule has 2 unspecified atom stereocenters. The van der Waals surface area contributed by atoms with Gasteiger partial charge in [0.1, 0.15) is 5.82 Å². The van der Waals surface area contributed by atoms with Crippen molar-refractivity contribution in [2.75, 3.05) is 18.8 Å². The molecule has 0 aliphatic carbocycles. The number of aromatic nitrogens is 3. The van der Waals surface area contributed by atoms with Gasteiger partial charge in [-0.15, -0.1) is 10.2 Å². The molecule has 134 valence electrons. The van der Waals surface area contributed by atoms with Crippen molar-refractivity contribution in [3.63, 3.8) is 0 Å². The fourth-order valence-electron chi connectivity index (χ4n) is 3.50. The number of carbonyl (C=O) groups excluding carboxylic acids is 1. The second-order valence-electron chi connectivity index (χ2n) is 7.13. The Morgan fingerprint density at radius 3 is 2.52 bits per heavy atom. The molecule has 1 aliphatic rings. The van der Waals surface area contributed by atoms with E-state index in [-0.39, 0.29) is 5.91 Å². The highest BCUT2D eigenvalue weighted by molar-refractivity contribution is 7.99. The summed E-state index contributed by atoms with van der Waals surface area (Å²) in [5.41, 5.74) is 1.21. The molecule has 5 nitrogen and oxygen atoms in total. The fourth-order valence-corrected chi connectivity index (χ4v) is 4.39. The predicted octanol–water partition coefficient (Wildman–Crippen LogP) is 3.23. The Labute approximate surface area is 153 Å². The van der Waals surface area contributed by atoms with E-state index < -0.39 is 0 Å². The van der Waals surface area contributed by atoms with Crippen LogP contribution in [0.15, 0.2) is 35.5 Å². The van der Waals surface area contributed by atoms with E-state index in [4.69, 9.17) is 0 Å². The lowest BCUT2D eigenvalue weighted by molar-refractivity contribution is -0.130. The summed E-state index contributed by atoms with van der Waals surface area (Å²) < 4.78 is 2.08. The van der Waals surface area contributed by atoms with E-state index in [0.717, 1.165) is 30.6 Å². The molecular weight excluding hydrogens is 332 g/mol. The van der Waals surface area contributed by atoms with Crippen LogP contribution in [0.3, 0.4) is 0 Å². The standard InChI is InChI=1S/C19H26N4OS/c1-14-9-15(2)11-22(10-14)18(24)13-25-19-21-20-16(3)23(19)12-17-7-5-4-6-8-17/h4-8,14-15H,9-13H2,1-3H3. The summed E-state index contributed by atoms with van der Waals surface area (Å²) in [4.78, 5) is 14.6. The summed E-state index contributed by atoms with van der Waals surface area (Å²) in [6.07, 6.45) is 1.21. The third-order valence-electron chi connectivity index (χ3n) is 4.63. The average Bonchev–Trinajstić information content (AvgIpc) is 2.93. The smallest absolute Gasteiger partial charge is 0.233 e. The van der Waals surface area contributed by atoms with Crippen molar-refractivity contribution in [2.45, 2.75) is 38.9 Å². The molecule has 0 saturated carbocycles. The van der Waals surface area contributed by atoms with Crippen molar-refractivity contribution in [3.8, 4) is 0 Å². The third kappa shape index (κ3) is 4.63. The summed E-state index contributed by atoms with van der Waals surface area (Å²) >= 11 is 1.49. The zero-order chi connectivity index (χ0) is 17.8. The molecule has 0 radical (unpaired) electrons. The first-order valence-corrected chi connectivity index (χ1v) is 9.85. The maximum Gasteiger partial charge on any atom is 0.233 e. The monoisotopic (exact) mass is 358 g/mol. The average molecular weight is 359 g/mol. The van der Waals surface area contributed by atoms with Gasteiger partial charge in [-0.1, -0.05) is 55.9 Å². The highest BCUT2D eigenvalue weighted by Crippen LogP contribution is 2.23. The van der Waals surface area contributed by atoms with E-state index in [2.05, 4.69) is 40.7 Å². The van der Waals surface area contributed by atoms with Crippen LogP contribution in [0.2, 0.25) is 0 Å². The van der Waals surface area contributed by atoms with Crippen LogP contribution in [0, 0.1) is 18.8 Å². The van der Waals surface area contributed by atoms with E-state index in [1.54, 1.807) is 0 Å². The quantitative estimate of drug-likeness (QED) is 0.770. The van der Waals surface area contributed by atoms with Crippen LogP contribution in [-0.4, -0.2) is 44.4 Å². The molecule has 1 aliphatic heterocycles. The van der Waals surface area contributed by atoms with Crippen molar-refractivity contribution in [1.29, 1.82) is 0 Å². The number of likely N-dealkylation sites (tertiary alicyclic amines) is 1. The fraction of sp³-hybridized carbons (Fsp3) is 0.526. The molecular formula is C19H26N4OS. The minimum Gasteiger partial charge on any atom is -0.341 e. The molecule has 0 bridgehead atoms. The lowest BCUT2D eigenvalue weighted by Gasteiger charge is -2.34. The van der Waals surface area contributed by atoms with Gasteiger partial charge in [0.05, 0.1) is 12.3 Å². The zero-order valence-electron chi connectivity index (χ0n) is 15.2. The molecule has 1 aromatic heterocycles. The van der Waals surface area contributed by atoms with Gasteiger partial charge in [-0.25, -0.2) is 0 Å². The first-order chi connectivity index (χ1) is 12.0. The molecule has 25 heavy (non-hydrogen) atoms. The van der Waals surface area contributed by atoms with Crippen molar-refractivity contribution >= 4 is 17.7 Å². The number of hydrogen-bond donors (Lipinski definition) is 0. The summed E-state index contributed by atoms with van der Waals surface area (Å²) in [6.45, 7) is 8.88. The largest absolute Gasteiger partial charge is 0.341 e. The predicted molar refractivity (Wildman–Crippen MR) is 101 cm³/mol. The van der Waals surface area contributed by atoms with E-state index in [9.17, 15) is 4.79 Å². The van der Waals surface area contributed by atoms with E-state index in [1.807, 2.05) is 30.0 Å². The molecule has 3 rings (SSSR count). The molecule has 1 fully saturated rings. The number of benzene rings is 1. The lowest BCUT2D eigenvalue weighted by atomic mass is 9.92. The Hall–Kier alpha value is -1.82. The summed E-state index contributed by atoms with van der Waals surface area (Å²) in [5.74, 6) is 2.67. The van der Waals surface area contributed by atoms with Gasteiger partial charge < -0.3 is 9.47 Å². The molecule has 1 saturated heterocycles. The number of aryl methyl sites for hydroxylation is 1. The maximum atomic E-state index is 12.6. The maximum absolute atomic E-state index is 12.6. The minimum atomic E-state index is 0.204. The van der Waals surface area contributed by atoms with Gasteiger partial charge in [0.15, 0.2) is 5.16 Å². The summed E-state index contributed by atoms with van der Waals surface area (Å²) in [7, 11) is 0. The molecule has 0 N–H and O–H groups in total. The molecule has 0 spiro atoms. The van der Waals surface area contributed by atoms with E-state index in [1.165, 1.54) is 23.7 Å². The first kappa shape index (κ1) is 18.0. The molecule has 1 aromatic carbocycles. The normalized spacial score (nSPS) is 20.7. The van der Waals surface area contributed by atoms with Gasteiger partial charge in [-0.3, -0.25) is 4.79 Å². The Morgan fingerprint density at radius 2 is 1.84 bits per heavy atom. The molecule has 2 atom stereocenters. The lowest BCUT2D eigenvalue weighted by Crippen LogP contribution is -2.43.